The van der Waals surface area contributed by atoms with E-state index in [0.717, 1.165) is 28.0 Å². The van der Waals surface area contributed by atoms with Gasteiger partial charge in [0, 0.05) is 0 Å². The zero-order valence-corrected chi connectivity index (χ0v) is 19.4. The fourth-order valence-electron chi connectivity index (χ4n) is 3.35. The second kappa shape index (κ2) is 9.28. The third-order valence-corrected chi connectivity index (χ3v) is 7.54. The van der Waals surface area contributed by atoms with Crippen LogP contribution in [-0.4, -0.2) is 25.6 Å². The first-order chi connectivity index (χ1) is 15.3. The number of hydrogen-bond acceptors (Lipinski definition) is 5. The number of aryl methyl sites for hydroxylation is 1. The van der Waals surface area contributed by atoms with Gasteiger partial charge in [-0.05, 0) is 49.7 Å². The normalized spacial score (nSPS) is 12.7. The van der Waals surface area contributed by atoms with E-state index in [-0.39, 0.29) is 16.4 Å². The molecule has 3 aromatic carbocycles. The number of ether oxygens (including phenoxy) is 1. The van der Waals surface area contributed by atoms with Crippen LogP contribution in [0.15, 0.2) is 82.5 Å². The largest absolute Gasteiger partial charge is 0.492 e. The summed E-state index contributed by atoms with van der Waals surface area (Å²) in [6.07, 6.45) is 0. The number of nitrogens with zero attached hydrogens (tertiary/aromatic N) is 1. The number of nitrogens with one attached hydrogen (secondary N) is 1. The number of sulfonamides is 1. The van der Waals surface area contributed by atoms with Crippen molar-refractivity contribution in [2.45, 2.75) is 31.3 Å². The van der Waals surface area contributed by atoms with Crippen molar-refractivity contribution in [1.82, 2.24) is 9.29 Å². The van der Waals surface area contributed by atoms with Crippen LogP contribution in [0.1, 0.15) is 18.1 Å². The zero-order chi connectivity index (χ0) is 22.7. The van der Waals surface area contributed by atoms with Crippen molar-refractivity contribution in [2.75, 3.05) is 6.61 Å². The number of thiazole rings is 1. The van der Waals surface area contributed by atoms with Gasteiger partial charge >= 0.3 is 4.87 Å². The second-order valence-corrected chi connectivity index (χ2v) is 10.4. The Morgan fingerprint density at radius 2 is 1.75 bits per heavy atom. The van der Waals surface area contributed by atoms with Crippen molar-refractivity contribution < 1.29 is 13.2 Å². The third kappa shape index (κ3) is 5.09. The topological polar surface area (TPSA) is 77.4 Å². The maximum atomic E-state index is 12.9. The molecule has 0 aliphatic rings. The highest BCUT2D eigenvalue weighted by Crippen LogP contribution is 2.23. The Hall–Kier alpha value is -2.94. The van der Waals surface area contributed by atoms with Crippen LogP contribution < -0.4 is 14.3 Å². The molecule has 4 aromatic rings. The van der Waals surface area contributed by atoms with Crippen molar-refractivity contribution in [3.8, 4) is 5.75 Å². The molecular formula is C24H24N2O4S2. The van der Waals surface area contributed by atoms with Crippen LogP contribution in [0.5, 0.6) is 5.75 Å². The fraction of sp³-hybridized carbons (Fsp3) is 0.208. The van der Waals surface area contributed by atoms with Crippen LogP contribution in [0.25, 0.3) is 10.2 Å². The van der Waals surface area contributed by atoms with Gasteiger partial charge < -0.3 is 4.74 Å². The molecule has 1 N–H and O–H groups in total. The lowest BCUT2D eigenvalue weighted by Gasteiger charge is -2.15. The van der Waals surface area contributed by atoms with E-state index in [1.807, 2.05) is 61.5 Å². The van der Waals surface area contributed by atoms with Gasteiger partial charge in [0.1, 0.15) is 12.4 Å². The van der Waals surface area contributed by atoms with E-state index >= 15 is 0 Å². The fourth-order valence-corrected chi connectivity index (χ4v) is 5.61. The minimum Gasteiger partial charge on any atom is -0.492 e. The first kappa shape index (κ1) is 22.3. The lowest BCUT2D eigenvalue weighted by molar-refractivity contribution is 0.287. The number of hydrogen-bond donors (Lipinski definition) is 1. The molecule has 0 saturated carbocycles. The van der Waals surface area contributed by atoms with Crippen LogP contribution in [0.4, 0.5) is 0 Å². The van der Waals surface area contributed by atoms with Gasteiger partial charge in [0.2, 0.25) is 10.0 Å². The van der Waals surface area contributed by atoms with E-state index in [1.54, 1.807) is 23.6 Å². The standard InChI is InChI=1S/C24H24N2O4S2/c1-17-8-10-20(11-9-17)30-16-18(2)25-32(28,29)21-12-13-22-23(14-21)31-24(27)26(22)15-19-6-4-3-5-7-19/h3-14,18,25H,15-16H2,1-2H3. The van der Waals surface area contributed by atoms with Gasteiger partial charge in [0.15, 0.2) is 0 Å². The van der Waals surface area contributed by atoms with Gasteiger partial charge in [-0.3, -0.25) is 9.36 Å². The maximum Gasteiger partial charge on any atom is 0.308 e. The second-order valence-electron chi connectivity index (χ2n) is 7.72. The first-order valence-corrected chi connectivity index (χ1v) is 12.5. The molecule has 0 aliphatic carbocycles. The van der Waals surface area contributed by atoms with Crippen LogP contribution in [0, 0.1) is 6.92 Å². The third-order valence-electron chi connectivity index (χ3n) is 5.01. The molecule has 1 atom stereocenters. The molecule has 0 radical (unpaired) electrons. The average molecular weight is 469 g/mol. The Morgan fingerprint density at radius 3 is 2.47 bits per heavy atom. The van der Waals surface area contributed by atoms with Gasteiger partial charge in [-0.1, -0.05) is 59.4 Å². The molecule has 0 fully saturated rings. The van der Waals surface area contributed by atoms with E-state index in [1.165, 1.54) is 6.07 Å². The van der Waals surface area contributed by atoms with Crippen molar-refractivity contribution in [1.29, 1.82) is 0 Å². The molecule has 6 nitrogen and oxygen atoms in total. The highest BCUT2D eigenvalue weighted by molar-refractivity contribution is 7.89. The summed E-state index contributed by atoms with van der Waals surface area (Å²) in [5.41, 5.74) is 2.86. The highest BCUT2D eigenvalue weighted by Gasteiger charge is 2.20. The van der Waals surface area contributed by atoms with Crippen molar-refractivity contribution in [3.63, 3.8) is 0 Å². The molecule has 0 aliphatic heterocycles. The molecule has 0 saturated heterocycles. The highest BCUT2D eigenvalue weighted by atomic mass is 32.2. The Balaban J connectivity index is 1.49. The van der Waals surface area contributed by atoms with Crippen LogP contribution >= 0.6 is 11.3 Å². The Kier molecular flexibility index (Phi) is 6.45. The molecule has 0 bridgehead atoms. The molecule has 32 heavy (non-hydrogen) atoms. The molecule has 1 unspecified atom stereocenters. The van der Waals surface area contributed by atoms with Gasteiger partial charge in [-0.25, -0.2) is 13.1 Å². The first-order valence-electron chi connectivity index (χ1n) is 10.2. The summed E-state index contributed by atoms with van der Waals surface area (Å²) in [7, 11) is -3.76. The lowest BCUT2D eigenvalue weighted by atomic mass is 10.2. The molecule has 0 amide bonds. The van der Waals surface area contributed by atoms with Crippen molar-refractivity contribution in [3.05, 3.63) is 93.6 Å². The summed E-state index contributed by atoms with van der Waals surface area (Å²) >= 11 is 1.05. The molecule has 1 heterocycles. The summed E-state index contributed by atoms with van der Waals surface area (Å²) in [6, 6.07) is 21.6. The van der Waals surface area contributed by atoms with Crippen molar-refractivity contribution >= 4 is 31.6 Å². The molecular weight excluding hydrogens is 444 g/mol. The molecule has 8 heteroatoms. The van der Waals surface area contributed by atoms with Gasteiger partial charge in [0.25, 0.3) is 0 Å². The molecule has 166 valence electrons. The minimum absolute atomic E-state index is 0.119. The van der Waals surface area contributed by atoms with Crippen molar-refractivity contribution in [2.24, 2.45) is 0 Å². The predicted octanol–water partition coefficient (Wildman–Crippen LogP) is 4.17. The minimum atomic E-state index is -3.76. The van der Waals surface area contributed by atoms with E-state index in [0.29, 0.717) is 17.0 Å². The predicted molar refractivity (Wildman–Crippen MR) is 128 cm³/mol. The van der Waals surface area contributed by atoms with Crippen LogP contribution in [0.2, 0.25) is 0 Å². The van der Waals surface area contributed by atoms with Gasteiger partial charge in [0.05, 0.1) is 27.7 Å². The quantitative estimate of drug-likeness (QED) is 0.421. The van der Waals surface area contributed by atoms with Gasteiger partial charge in [-0.15, -0.1) is 0 Å². The summed E-state index contributed by atoms with van der Waals surface area (Å²) in [5.74, 6) is 0.688. The summed E-state index contributed by atoms with van der Waals surface area (Å²) < 4.78 is 36.4. The smallest absolute Gasteiger partial charge is 0.308 e. The summed E-state index contributed by atoms with van der Waals surface area (Å²) in [4.78, 5) is 12.5. The molecule has 4 rings (SSSR count). The average Bonchev–Trinajstić information content (AvgIpc) is 3.08. The summed E-state index contributed by atoms with van der Waals surface area (Å²) in [5, 5.41) is 0. The zero-order valence-electron chi connectivity index (χ0n) is 17.8. The monoisotopic (exact) mass is 468 g/mol. The Labute approximate surface area is 191 Å². The Morgan fingerprint density at radius 1 is 1.03 bits per heavy atom. The SMILES string of the molecule is Cc1ccc(OCC(C)NS(=O)(=O)c2ccc3c(c2)sc(=O)n3Cc2ccccc2)cc1. The van der Waals surface area contributed by atoms with E-state index in [4.69, 9.17) is 4.74 Å². The lowest BCUT2D eigenvalue weighted by Crippen LogP contribution is -2.36. The Bertz CT molecular complexity index is 1380. The number of benzene rings is 3. The van der Waals surface area contributed by atoms with E-state index in [2.05, 4.69) is 4.72 Å². The summed E-state index contributed by atoms with van der Waals surface area (Å²) in [6.45, 7) is 4.38. The van der Waals surface area contributed by atoms with E-state index < -0.39 is 16.1 Å². The number of rotatable bonds is 8. The van der Waals surface area contributed by atoms with Gasteiger partial charge in [-0.2, -0.15) is 0 Å². The maximum absolute atomic E-state index is 12.9. The molecule has 1 aromatic heterocycles. The number of fused-ring (bicyclic) bond motifs is 1. The molecule has 0 spiro atoms. The van der Waals surface area contributed by atoms with Crippen LogP contribution in [0.3, 0.4) is 0 Å². The number of aromatic nitrogens is 1. The van der Waals surface area contributed by atoms with Crippen LogP contribution in [-0.2, 0) is 16.6 Å². The van der Waals surface area contributed by atoms with E-state index in [9.17, 15) is 13.2 Å².